The van der Waals surface area contributed by atoms with Crippen molar-refractivity contribution in [2.24, 2.45) is 7.05 Å². The van der Waals surface area contributed by atoms with Crippen LogP contribution in [0.1, 0.15) is 5.69 Å². The molecule has 0 unspecified atom stereocenters. The number of carbonyl (C=O) groups excluding carboxylic acids is 1. The average Bonchev–Trinajstić information content (AvgIpc) is 2.50. The Bertz CT molecular complexity index is 1010. The highest BCUT2D eigenvalue weighted by molar-refractivity contribution is 6.00. The van der Waals surface area contributed by atoms with Crippen LogP contribution in [0.4, 0.5) is 28.9 Å². The standard InChI is InChI=1S/C14H10F4N4O3/c1-21-10(14(16,17)18)4-12(24)22(13(21)25)9-3-8-7(2-6(9)15)19-5-11(23)20-8/h2-4,19H,5H2,1H3,(H,20,23). The van der Waals surface area contributed by atoms with Crippen LogP contribution in [-0.2, 0) is 18.0 Å². The maximum absolute atomic E-state index is 14.3. The first-order valence-electron chi connectivity index (χ1n) is 6.87. The van der Waals surface area contributed by atoms with Crippen LogP contribution in [0.15, 0.2) is 27.8 Å². The number of hydrogen-bond donors (Lipinski definition) is 2. The Morgan fingerprint density at radius 1 is 1.08 bits per heavy atom. The van der Waals surface area contributed by atoms with E-state index in [9.17, 15) is 31.9 Å². The molecule has 0 saturated carbocycles. The summed E-state index contributed by atoms with van der Waals surface area (Å²) in [6.07, 6.45) is -4.92. The van der Waals surface area contributed by atoms with E-state index in [4.69, 9.17) is 0 Å². The highest BCUT2D eigenvalue weighted by Gasteiger charge is 2.35. The maximum atomic E-state index is 14.3. The molecule has 0 saturated heterocycles. The summed E-state index contributed by atoms with van der Waals surface area (Å²) in [4.78, 5) is 35.6. The zero-order valence-corrected chi connectivity index (χ0v) is 12.6. The summed E-state index contributed by atoms with van der Waals surface area (Å²) in [6.45, 7) is -0.0895. The zero-order valence-electron chi connectivity index (χ0n) is 12.6. The monoisotopic (exact) mass is 358 g/mol. The van der Waals surface area contributed by atoms with E-state index in [1.54, 1.807) is 0 Å². The summed E-state index contributed by atoms with van der Waals surface area (Å²) in [5.41, 5.74) is -4.41. The molecule has 0 spiro atoms. The second-order valence-electron chi connectivity index (χ2n) is 5.29. The van der Waals surface area contributed by atoms with Crippen molar-refractivity contribution in [2.45, 2.75) is 6.18 Å². The van der Waals surface area contributed by atoms with Crippen LogP contribution in [0.3, 0.4) is 0 Å². The van der Waals surface area contributed by atoms with Gasteiger partial charge in [0.1, 0.15) is 11.5 Å². The number of amides is 1. The van der Waals surface area contributed by atoms with Crippen LogP contribution in [0, 0.1) is 5.82 Å². The summed E-state index contributed by atoms with van der Waals surface area (Å²) in [7, 11) is 0.820. The van der Waals surface area contributed by atoms with Gasteiger partial charge in [-0.3, -0.25) is 14.2 Å². The number of fused-ring (bicyclic) bond motifs is 1. The van der Waals surface area contributed by atoms with E-state index in [2.05, 4.69) is 10.6 Å². The largest absolute Gasteiger partial charge is 0.431 e. The molecule has 1 amide bonds. The Morgan fingerprint density at radius 2 is 1.76 bits per heavy atom. The lowest BCUT2D eigenvalue weighted by Gasteiger charge is -2.20. The fraction of sp³-hybridized carbons (Fsp3) is 0.214. The molecule has 11 heteroatoms. The van der Waals surface area contributed by atoms with Gasteiger partial charge >= 0.3 is 11.9 Å². The fourth-order valence-electron chi connectivity index (χ4n) is 2.47. The molecule has 2 N–H and O–H groups in total. The average molecular weight is 358 g/mol. The molecule has 2 aromatic rings. The highest BCUT2D eigenvalue weighted by Crippen LogP contribution is 2.30. The summed E-state index contributed by atoms with van der Waals surface area (Å²) >= 11 is 0. The van der Waals surface area contributed by atoms with Gasteiger partial charge in [-0.15, -0.1) is 0 Å². The Kier molecular flexibility index (Phi) is 3.66. The minimum Gasteiger partial charge on any atom is -0.374 e. The second-order valence-corrected chi connectivity index (χ2v) is 5.29. The first kappa shape index (κ1) is 16.7. The first-order chi connectivity index (χ1) is 11.6. The van der Waals surface area contributed by atoms with Crippen LogP contribution < -0.4 is 21.9 Å². The van der Waals surface area contributed by atoms with Crippen molar-refractivity contribution in [3.8, 4) is 5.69 Å². The van der Waals surface area contributed by atoms with Gasteiger partial charge in [-0.05, 0) is 6.07 Å². The van der Waals surface area contributed by atoms with Crippen molar-refractivity contribution in [2.75, 3.05) is 17.2 Å². The third kappa shape index (κ3) is 2.77. The molecule has 0 radical (unpaired) electrons. The van der Waals surface area contributed by atoms with Gasteiger partial charge < -0.3 is 10.6 Å². The number of rotatable bonds is 1. The van der Waals surface area contributed by atoms with Gasteiger partial charge in [-0.25, -0.2) is 13.8 Å². The molecule has 0 bridgehead atoms. The van der Waals surface area contributed by atoms with Crippen LogP contribution in [-0.4, -0.2) is 21.6 Å². The lowest BCUT2D eigenvalue weighted by molar-refractivity contribution is -0.144. The van der Waals surface area contributed by atoms with Gasteiger partial charge in [0.15, 0.2) is 0 Å². The van der Waals surface area contributed by atoms with E-state index in [1.165, 1.54) is 0 Å². The van der Waals surface area contributed by atoms with Crippen molar-refractivity contribution < 1.29 is 22.4 Å². The van der Waals surface area contributed by atoms with E-state index < -0.39 is 40.5 Å². The number of anilines is 2. The number of aromatic nitrogens is 2. The van der Waals surface area contributed by atoms with E-state index >= 15 is 0 Å². The third-order valence-corrected chi connectivity index (χ3v) is 3.65. The summed E-state index contributed by atoms with van der Waals surface area (Å²) in [6, 6.07) is 2.15. The predicted octanol–water partition coefficient (Wildman–Crippen LogP) is 1.06. The Hall–Kier alpha value is -3.11. The van der Waals surface area contributed by atoms with Gasteiger partial charge in [0.2, 0.25) is 5.91 Å². The van der Waals surface area contributed by atoms with E-state index in [1.807, 2.05) is 0 Å². The van der Waals surface area contributed by atoms with Gasteiger partial charge in [0, 0.05) is 19.2 Å². The molecule has 132 valence electrons. The molecule has 2 heterocycles. The Balaban J connectivity index is 2.26. The maximum Gasteiger partial charge on any atom is 0.431 e. The van der Waals surface area contributed by atoms with E-state index in [0.717, 1.165) is 19.2 Å². The van der Waals surface area contributed by atoms with Crippen LogP contribution in [0.25, 0.3) is 5.69 Å². The normalized spacial score (nSPS) is 13.9. The van der Waals surface area contributed by atoms with Crippen LogP contribution >= 0.6 is 0 Å². The Morgan fingerprint density at radius 3 is 2.40 bits per heavy atom. The quantitative estimate of drug-likeness (QED) is 0.747. The number of alkyl halides is 3. The highest BCUT2D eigenvalue weighted by atomic mass is 19.4. The number of nitrogens with one attached hydrogen (secondary N) is 2. The van der Waals surface area contributed by atoms with E-state index in [0.29, 0.717) is 0 Å². The summed E-state index contributed by atoms with van der Waals surface area (Å²) < 4.78 is 53.3. The summed E-state index contributed by atoms with van der Waals surface area (Å²) in [5.74, 6) is -1.45. The lowest BCUT2D eigenvalue weighted by atomic mass is 10.2. The molecule has 1 aromatic heterocycles. The molecule has 0 atom stereocenters. The number of hydrogen-bond acceptors (Lipinski definition) is 4. The fourth-order valence-corrected chi connectivity index (χ4v) is 2.47. The first-order valence-corrected chi connectivity index (χ1v) is 6.87. The molecular weight excluding hydrogens is 348 g/mol. The molecule has 7 nitrogen and oxygen atoms in total. The smallest absolute Gasteiger partial charge is 0.374 e. The van der Waals surface area contributed by atoms with Crippen molar-refractivity contribution in [3.05, 3.63) is 50.5 Å². The predicted molar refractivity (Wildman–Crippen MR) is 79.4 cm³/mol. The Labute approximate surface area is 136 Å². The number of nitrogens with zero attached hydrogens (tertiary/aromatic N) is 2. The second kappa shape index (κ2) is 5.46. The third-order valence-electron chi connectivity index (χ3n) is 3.65. The van der Waals surface area contributed by atoms with Crippen molar-refractivity contribution >= 4 is 17.3 Å². The molecule has 1 aliphatic rings. The summed E-state index contributed by atoms with van der Waals surface area (Å²) in [5, 5.41) is 5.04. The van der Waals surface area contributed by atoms with E-state index in [-0.39, 0.29) is 33.1 Å². The SMILES string of the molecule is Cn1c(C(F)(F)F)cc(=O)n(-c2cc3c(cc2F)NCC(=O)N3)c1=O. The van der Waals surface area contributed by atoms with Crippen LogP contribution in [0.5, 0.6) is 0 Å². The number of benzene rings is 1. The minimum atomic E-state index is -4.92. The van der Waals surface area contributed by atoms with Crippen molar-refractivity contribution in [3.63, 3.8) is 0 Å². The van der Waals surface area contributed by atoms with Gasteiger partial charge in [-0.2, -0.15) is 13.2 Å². The molecular formula is C14H10F4N4O3. The molecule has 0 aliphatic carbocycles. The molecule has 0 fully saturated rings. The molecule has 1 aliphatic heterocycles. The van der Waals surface area contributed by atoms with Crippen molar-refractivity contribution in [1.29, 1.82) is 0 Å². The number of halogens is 4. The zero-order chi connectivity index (χ0) is 18.5. The van der Waals surface area contributed by atoms with Crippen molar-refractivity contribution in [1.82, 2.24) is 9.13 Å². The number of carbonyl (C=O) groups is 1. The lowest BCUT2D eigenvalue weighted by Crippen LogP contribution is -2.41. The molecule has 25 heavy (non-hydrogen) atoms. The topological polar surface area (TPSA) is 85.1 Å². The van der Waals surface area contributed by atoms with Gasteiger partial charge in [0.05, 0.1) is 23.6 Å². The van der Waals surface area contributed by atoms with Gasteiger partial charge in [-0.1, -0.05) is 0 Å². The molecule has 1 aromatic carbocycles. The minimum absolute atomic E-state index is 0.0895. The van der Waals surface area contributed by atoms with Gasteiger partial charge in [0.25, 0.3) is 5.56 Å². The van der Waals surface area contributed by atoms with Crippen LogP contribution in [0.2, 0.25) is 0 Å². The molecule has 3 rings (SSSR count).